The fourth-order valence-corrected chi connectivity index (χ4v) is 3.76. The SMILES string of the molecule is O=C(Nc1ccc(Cl)nc1)N1CCc2ccccc2C1c1ccc(C(F)(F)F)cc1. The number of benzene rings is 2. The van der Waals surface area contributed by atoms with Gasteiger partial charge in [-0.05, 0) is 47.4 Å². The first-order valence-electron chi connectivity index (χ1n) is 9.27. The zero-order chi connectivity index (χ0) is 21.3. The molecule has 0 aliphatic carbocycles. The summed E-state index contributed by atoms with van der Waals surface area (Å²) in [5.74, 6) is 0. The van der Waals surface area contributed by atoms with Crippen LogP contribution in [0.1, 0.15) is 28.3 Å². The highest BCUT2D eigenvalue weighted by atomic mass is 35.5. The molecule has 1 aliphatic rings. The third-order valence-electron chi connectivity index (χ3n) is 5.08. The third-order valence-corrected chi connectivity index (χ3v) is 5.30. The molecule has 0 bridgehead atoms. The molecule has 4 nitrogen and oxygen atoms in total. The molecule has 0 radical (unpaired) electrons. The highest BCUT2D eigenvalue weighted by Crippen LogP contribution is 2.37. The van der Waals surface area contributed by atoms with Crippen molar-refractivity contribution < 1.29 is 18.0 Å². The molecule has 0 fully saturated rings. The molecule has 0 saturated heterocycles. The summed E-state index contributed by atoms with van der Waals surface area (Å²) in [6.07, 6.45) is -2.31. The number of aromatic nitrogens is 1. The molecule has 3 aromatic rings. The Kier molecular flexibility index (Phi) is 5.39. The van der Waals surface area contributed by atoms with Crippen molar-refractivity contribution in [1.29, 1.82) is 0 Å². The molecule has 1 aromatic heterocycles. The fourth-order valence-electron chi connectivity index (χ4n) is 3.64. The Hall–Kier alpha value is -3.06. The maximum Gasteiger partial charge on any atom is 0.416 e. The first-order valence-corrected chi connectivity index (χ1v) is 9.65. The van der Waals surface area contributed by atoms with Gasteiger partial charge in [0, 0.05) is 6.54 Å². The maximum absolute atomic E-state index is 13.0. The van der Waals surface area contributed by atoms with E-state index in [1.54, 1.807) is 17.0 Å². The average molecular weight is 432 g/mol. The lowest BCUT2D eigenvalue weighted by Gasteiger charge is -2.37. The lowest BCUT2D eigenvalue weighted by Crippen LogP contribution is -2.43. The number of rotatable bonds is 2. The van der Waals surface area contributed by atoms with Crippen molar-refractivity contribution >= 4 is 23.3 Å². The number of nitrogens with zero attached hydrogens (tertiary/aromatic N) is 2. The van der Waals surface area contributed by atoms with Crippen molar-refractivity contribution in [3.05, 3.63) is 94.3 Å². The Bertz CT molecular complexity index is 1050. The van der Waals surface area contributed by atoms with Crippen LogP contribution in [0.5, 0.6) is 0 Å². The predicted octanol–water partition coefficient (Wildman–Crippen LogP) is 5.93. The van der Waals surface area contributed by atoms with Crippen LogP contribution in [0.4, 0.5) is 23.7 Å². The Morgan fingerprint density at radius 1 is 1.07 bits per heavy atom. The lowest BCUT2D eigenvalue weighted by atomic mass is 9.88. The summed E-state index contributed by atoms with van der Waals surface area (Å²) in [5.41, 5.74) is 2.33. The van der Waals surface area contributed by atoms with Gasteiger partial charge >= 0.3 is 12.2 Å². The molecule has 0 spiro atoms. The van der Waals surface area contributed by atoms with E-state index in [0.29, 0.717) is 29.4 Å². The van der Waals surface area contributed by atoms with Gasteiger partial charge in [-0.25, -0.2) is 9.78 Å². The van der Waals surface area contributed by atoms with Crippen molar-refractivity contribution in [3.8, 4) is 0 Å². The molecule has 2 heterocycles. The minimum Gasteiger partial charge on any atom is -0.313 e. The number of fused-ring (bicyclic) bond motifs is 1. The highest BCUT2D eigenvalue weighted by molar-refractivity contribution is 6.29. The number of alkyl halides is 3. The third kappa shape index (κ3) is 4.11. The van der Waals surface area contributed by atoms with Crippen LogP contribution in [-0.2, 0) is 12.6 Å². The summed E-state index contributed by atoms with van der Waals surface area (Å²) in [6.45, 7) is 0.426. The number of pyridine rings is 1. The van der Waals surface area contributed by atoms with Gasteiger partial charge in [0.15, 0.2) is 0 Å². The van der Waals surface area contributed by atoms with Gasteiger partial charge in [0.1, 0.15) is 5.15 Å². The summed E-state index contributed by atoms with van der Waals surface area (Å²) in [4.78, 5) is 18.6. The summed E-state index contributed by atoms with van der Waals surface area (Å²) in [5, 5.41) is 3.10. The van der Waals surface area contributed by atoms with Crippen LogP contribution in [0.3, 0.4) is 0 Å². The van der Waals surface area contributed by atoms with Crippen LogP contribution in [0.15, 0.2) is 66.9 Å². The van der Waals surface area contributed by atoms with Crippen LogP contribution in [0.2, 0.25) is 5.15 Å². The summed E-state index contributed by atoms with van der Waals surface area (Å²) in [6, 6.07) is 14.9. The van der Waals surface area contributed by atoms with Gasteiger partial charge in [0.25, 0.3) is 0 Å². The van der Waals surface area contributed by atoms with Gasteiger partial charge in [-0.2, -0.15) is 13.2 Å². The van der Waals surface area contributed by atoms with Crippen LogP contribution in [-0.4, -0.2) is 22.5 Å². The smallest absolute Gasteiger partial charge is 0.313 e. The largest absolute Gasteiger partial charge is 0.416 e. The van der Waals surface area contributed by atoms with Crippen LogP contribution < -0.4 is 5.32 Å². The first-order chi connectivity index (χ1) is 14.3. The number of nitrogens with one attached hydrogen (secondary N) is 1. The van der Waals surface area contributed by atoms with Crippen molar-refractivity contribution in [2.45, 2.75) is 18.6 Å². The molecule has 2 amide bonds. The van der Waals surface area contributed by atoms with Crippen molar-refractivity contribution in [2.24, 2.45) is 0 Å². The zero-order valence-electron chi connectivity index (χ0n) is 15.7. The van der Waals surface area contributed by atoms with E-state index >= 15 is 0 Å². The minimum atomic E-state index is -4.42. The molecule has 1 atom stereocenters. The van der Waals surface area contributed by atoms with E-state index in [9.17, 15) is 18.0 Å². The topological polar surface area (TPSA) is 45.2 Å². The number of hydrogen-bond donors (Lipinski definition) is 1. The van der Waals surface area contributed by atoms with Crippen LogP contribution in [0.25, 0.3) is 0 Å². The molecule has 1 N–H and O–H groups in total. The zero-order valence-corrected chi connectivity index (χ0v) is 16.4. The van der Waals surface area contributed by atoms with E-state index in [-0.39, 0.29) is 6.03 Å². The van der Waals surface area contributed by atoms with E-state index in [1.807, 2.05) is 24.3 Å². The molecule has 8 heteroatoms. The Balaban J connectivity index is 1.68. The quantitative estimate of drug-likeness (QED) is 0.511. The molecule has 2 aromatic carbocycles. The normalized spacial score (nSPS) is 16.1. The van der Waals surface area contributed by atoms with Gasteiger partial charge < -0.3 is 10.2 Å². The van der Waals surface area contributed by atoms with Gasteiger partial charge in [-0.1, -0.05) is 48.0 Å². The van der Waals surface area contributed by atoms with Crippen molar-refractivity contribution in [1.82, 2.24) is 9.88 Å². The van der Waals surface area contributed by atoms with Gasteiger partial charge in [-0.3, -0.25) is 0 Å². The van der Waals surface area contributed by atoms with E-state index in [2.05, 4.69) is 10.3 Å². The van der Waals surface area contributed by atoms with Gasteiger partial charge in [0.2, 0.25) is 0 Å². The molecule has 30 heavy (non-hydrogen) atoms. The van der Waals surface area contributed by atoms with Crippen LogP contribution >= 0.6 is 11.6 Å². The summed E-state index contributed by atoms with van der Waals surface area (Å²) in [7, 11) is 0. The minimum absolute atomic E-state index is 0.308. The van der Waals surface area contributed by atoms with Crippen molar-refractivity contribution in [3.63, 3.8) is 0 Å². The number of urea groups is 1. The number of amides is 2. The molecule has 154 valence electrons. The Labute approximate surface area is 176 Å². The monoisotopic (exact) mass is 431 g/mol. The Morgan fingerprint density at radius 3 is 2.47 bits per heavy atom. The highest BCUT2D eigenvalue weighted by Gasteiger charge is 2.34. The van der Waals surface area contributed by atoms with Gasteiger partial charge in [-0.15, -0.1) is 0 Å². The van der Waals surface area contributed by atoms with Gasteiger partial charge in [0.05, 0.1) is 23.5 Å². The summed E-state index contributed by atoms with van der Waals surface area (Å²) < 4.78 is 39.0. The fraction of sp³-hybridized carbons (Fsp3) is 0.182. The number of carbonyl (C=O) groups is 1. The van der Waals surface area contributed by atoms with Crippen LogP contribution in [0, 0.1) is 0 Å². The van der Waals surface area contributed by atoms with E-state index in [0.717, 1.165) is 23.3 Å². The number of carbonyl (C=O) groups excluding carboxylic acids is 1. The average Bonchev–Trinajstić information content (AvgIpc) is 2.74. The summed E-state index contributed by atoms with van der Waals surface area (Å²) >= 11 is 5.79. The van der Waals surface area contributed by atoms with E-state index in [4.69, 9.17) is 11.6 Å². The predicted molar refractivity (Wildman–Crippen MR) is 108 cm³/mol. The number of hydrogen-bond acceptors (Lipinski definition) is 2. The number of halogens is 4. The lowest BCUT2D eigenvalue weighted by molar-refractivity contribution is -0.137. The second-order valence-corrected chi connectivity index (χ2v) is 7.35. The molecule has 1 aliphatic heterocycles. The standard InChI is InChI=1S/C22H17ClF3N3O/c23-19-10-9-17(13-27-19)28-21(30)29-12-11-14-3-1-2-4-18(14)20(29)15-5-7-16(8-6-15)22(24,25)26/h1-10,13,20H,11-12H2,(H,28,30). The second kappa shape index (κ2) is 7.99. The molecule has 4 rings (SSSR count). The molecular weight excluding hydrogens is 415 g/mol. The Morgan fingerprint density at radius 2 is 1.80 bits per heavy atom. The second-order valence-electron chi connectivity index (χ2n) is 6.96. The van der Waals surface area contributed by atoms with Crippen molar-refractivity contribution in [2.75, 3.05) is 11.9 Å². The number of anilines is 1. The van der Waals surface area contributed by atoms with E-state index < -0.39 is 17.8 Å². The molecule has 1 unspecified atom stereocenters. The molecule has 0 saturated carbocycles. The molecular formula is C22H17ClF3N3O. The maximum atomic E-state index is 13.0. The first kappa shape index (κ1) is 20.2. The van der Waals surface area contributed by atoms with E-state index in [1.165, 1.54) is 18.3 Å².